The summed E-state index contributed by atoms with van der Waals surface area (Å²) in [7, 11) is 0. The summed E-state index contributed by atoms with van der Waals surface area (Å²) in [4.78, 5) is 39.8. The number of rotatable bonds is 5. The van der Waals surface area contributed by atoms with E-state index < -0.39 is 0 Å². The van der Waals surface area contributed by atoms with Crippen LogP contribution in [0, 0.1) is 17.7 Å². The molecule has 1 N–H and O–H groups in total. The molecule has 2 fully saturated rings. The molecule has 8 heteroatoms. The zero-order chi connectivity index (χ0) is 19.4. The molecule has 3 rings (SSSR count). The van der Waals surface area contributed by atoms with E-state index in [-0.39, 0.29) is 35.6 Å². The largest absolute Gasteiger partial charge is 0.450 e. The predicted molar refractivity (Wildman–Crippen MR) is 95.0 cm³/mol. The maximum absolute atomic E-state index is 12.9. The van der Waals surface area contributed by atoms with Gasteiger partial charge in [0.15, 0.2) is 0 Å². The average Bonchev–Trinajstić information content (AvgIpc) is 3.48. The summed E-state index contributed by atoms with van der Waals surface area (Å²) in [6.45, 7) is 4.20. The molecule has 0 radical (unpaired) electrons. The summed E-state index contributed by atoms with van der Waals surface area (Å²) in [5, 5.41) is 2.80. The molecule has 1 aliphatic heterocycles. The molecule has 1 saturated carbocycles. The van der Waals surface area contributed by atoms with Crippen LogP contribution in [-0.4, -0.2) is 60.5 Å². The summed E-state index contributed by atoms with van der Waals surface area (Å²) < 4.78 is 17.9. The number of carbonyl (C=O) groups is 3. The van der Waals surface area contributed by atoms with Crippen LogP contribution in [0.1, 0.15) is 18.9 Å². The number of piperazine rings is 1. The first-order chi connectivity index (χ1) is 13.0. The van der Waals surface area contributed by atoms with E-state index in [0.29, 0.717) is 45.8 Å². The number of halogens is 1. The lowest BCUT2D eigenvalue weighted by Crippen LogP contribution is -2.51. The molecule has 3 amide bonds. The standard InChI is InChI=1S/C19H24FN3O4/c1-2-27-19(26)23-9-7-22(8-10-23)18(25)16-11-15(16)17(24)21-12-13-3-5-14(20)6-4-13/h3-6,15-16H,2,7-12H2,1H3,(H,21,24). The minimum Gasteiger partial charge on any atom is -0.450 e. The molecule has 2 aliphatic rings. The second-order valence-corrected chi connectivity index (χ2v) is 6.80. The smallest absolute Gasteiger partial charge is 0.409 e. The van der Waals surface area contributed by atoms with Crippen LogP contribution < -0.4 is 5.32 Å². The lowest BCUT2D eigenvalue weighted by Gasteiger charge is -2.34. The van der Waals surface area contributed by atoms with E-state index in [1.807, 2.05) is 0 Å². The van der Waals surface area contributed by atoms with Crippen molar-refractivity contribution in [2.24, 2.45) is 11.8 Å². The van der Waals surface area contributed by atoms with Crippen LogP contribution in [0.2, 0.25) is 0 Å². The fourth-order valence-electron chi connectivity index (χ4n) is 3.24. The van der Waals surface area contributed by atoms with Crippen LogP contribution in [0.5, 0.6) is 0 Å². The third-order valence-corrected chi connectivity index (χ3v) is 4.94. The Balaban J connectivity index is 1.41. The molecular weight excluding hydrogens is 353 g/mol. The summed E-state index contributed by atoms with van der Waals surface area (Å²) >= 11 is 0. The molecule has 1 heterocycles. The van der Waals surface area contributed by atoms with Crippen LogP contribution in [0.3, 0.4) is 0 Å². The van der Waals surface area contributed by atoms with E-state index >= 15 is 0 Å². The minimum atomic E-state index is -0.353. The van der Waals surface area contributed by atoms with Crippen molar-refractivity contribution < 1.29 is 23.5 Å². The van der Waals surface area contributed by atoms with Crippen molar-refractivity contribution >= 4 is 17.9 Å². The minimum absolute atomic E-state index is 0.0274. The SMILES string of the molecule is CCOC(=O)N1CCN(C(=O)C2CC2C(=O)NCc2ccc(F)cc2)CC1. The summed E-state index contributed by atoms with van der Waals surface area (Å²) in [5.41, 5.74) is 0.809. The topological polar surface area (TPSA) is 79.0 Å². The highest BCUT2D eigenvalue weighted by atomic mass is 19.1. The number of nitrogens with one attached hydrogen (secondary N) is 1. The van der Waals surface area contributed by atoms with E-state index in [1.165, 1.54) is 12.1 Å². The number of benzene rings is 1. The fraction of sp³-hybridized carbons (Fsp3) is 0.526. The van der Waals surface area contributed by atoms with Crippen LogP contribution >= 0.6 is 0 Å². The Bertz CT molecular complexity index is 701. The highest BCUT2D eigenvalue weighted by Crippen LogP contribution is 2.40. The first-order valence-electron chi connectivity index (χ1n) is 9.22. The highest BCUT2D eigenvalue weighted by molar-refractivity contribution is 5.92. The molecule has 27 heavy (non-hydrogen) atoms. The van der Waals surface area contributed by atoms with Crippen molar-refractivity contribution in [3.05, 3.63) is 35.6 Å². The van der Waals surface area contributed by atoms with Gasteiger partial charge in [-0.1, -0.05) is 12.1 Å². The van der Waals surface area contributed by atoms with Gasteiger partial charge in [0.1, 0.15) is 5.82 Å². The number of ether oxygens (including phenoxy) is 1. The van der Waals surface area contributed by atoms with E-state index in [0.717, 1.165) is 5.56 Å². The Hall–Kier alpha value is -2.64. The molecule has 0 bridgehead atoms. The van der Waals surface area contributed by atoms with Crippen molar-refractivity contribution in [1.29, 1.82) is 0 Å². The number of carbonyl (C=O) groups excluding carboxylic acids is 3. The predicted octanol–water partition coefficient (Wildman–Crippen LogP) is 1.38. The van der Waals surface area contributed by atoms with Gasteiger partial charge >= 0.3 is 6.09 Å². The second kappa shape index (κ2) is 8.37. The maximum atomic E-state index is 12.9. The number of nitrogens with zero attached hydrogens (tertiary/aromatic N) is 2. The monoisotopic (exact) mass is 377 g/mol. The maximum Gasteiger partial charge on any atom is 0.409 e. The number of hydrogen-bond acceptors (Lipinski definition) is 4. The third-order valence-electron chi connectivity index (χ3n) is 4.94. The van der Waals surface area contributed by atoms with Crippen LogP contribution in [0.4, 0.5) is 9.18 Å². The average molecular weight is 377 g/mol. The summed E-state index contributed by atoms with van der Waals surface area (Å²) in [6.07, 6.45) is 0.195. The van der Waals surface area contributed by atoms with Gasteiger partial charge < -0.3 is 19.9 Å². The third kappa shape index (κ3) is 4.75. The number of hydrogen-bond donors (Lipinski definition) is 1. The van der Waals surface area contributed by atoms with Crippen molar-refractivity contribution in [3.63, 3.8) is 0 Å². The van der Waals surface area contributed by atoms with Gasteiger partial charge in [-0.05, 0) is 31.0 Å². The Labute approximate surface area is 157 Å². The Kier molecular flexibility index (Phi) is 5.93. The molecule has 2 atom stereocenters. The Morgan fingerprint density at radius 2 is 1.70 bits per heavy atom. The van der Waals surface area contributed by atoms with Gasteiger partial charge in [-0.25, -0.2) is 9.18 Å². The van der Waals surface area contributed by atoms with Crippen LogP contribution in [0.15, 0.2) is 24.3 Å². The molecule has 7 nitrogen and oxygen atoms in total. The molecule has 0 spiro atoms. The summed E-state index contributed by atoms with van der Waals surface area (Å²) in [5.74, 6) is -1.09. The van der Waals surface area contributed by atoms with Gasteiger partial charge in [-0.15, -0.1) is 0 Å². The van der Waals surface area contributed by atoms with Gasteiger partial charge in [0, 0.05) is 32.7 Å². The van der Waals surface area contributed by atoms with Gasteiger partial charge in [0.05, 0.1) is 18.4 Å². The van der Waals surface area contributed by atoms with Gasteiger partial charge in [-0.3, -0.25) is 9.59 Å². The van der Waals surface area contributed by atoms with E-state index in [4.69, 9.17) is 4.74 Å². The van der Waals surface area contributed by atoms with Crippen molar-refractivity contribution in [1.82, 2.24) is 15.1 Å². The first-order valence-corrected chi connectivity index (χ1v) is 9.22. The molecule has 2 unspecified atom stereocenters. The van der Waals surface area contributed by atoms with Gasteiger partial charge in [0.25, 0.3) is 0 Å². The summed E-state index contributed by atoms with van der Waals surface area (Å²) in [6, 6.07) is 5.93. The Morgan fingerprint density at radius 1 is 1.07 bits per heavy atom. The zero-order valence-electron chi connectivity index (χ0n) is 15.3. The quantitative estimate of drug-likeness (QED) is 0.841. The van der Waals surface area contributed by atoms with E-state index in [2.05, 4.69) is 5.32 Å². The zero-order valence-corrected chi connectivity index (χ0v) is 15.3. The molecule has 1 saturated heterocycles. The van der Waals surface area contributed by atoms with Crippen molar-refractivity contribution in [2.75, 3.05) is 32.8 Å². The van der Waals surface area contributed by atoms with Gasteiger partial charge in [-0.2, -0.15) is 0 Å². The fourth-order valence-corrected chi connectivity index (χ4v) is 3.24. The Morgan fingerprint density at radius 3 is 2.33 bits per heavy atom. The van der Waals surface area contributed by atoms with Crippen LogP contribution in [0.25, 0.3) is 0 Å². The molecule has 1 aromatic rings. The lowest BCUT2D eigenvalue weighted by atomic mass is 10.2. The second-order valence-electron chi connectivity index (χ2n) is 6.80. The molecule has 146 valence electrons. The highest BCUT2D eigenvalue weighted by Gasteiger charge is 2.49. The van der Waals surface area contributed by atoms with E-state index in [1.54, 1.807) is 28.9 Å². The molecule has 0 aromatic heterocycles. The molecule has 1 aliphatic carbocycles. The first kappa shape index (κ1) is 19.1. The number of amides is 3. The van der Waals surface area contributed by atoms with Crippen molar-refractivity contribution in [2.45, 2.75) is 19.9 Å². The van der Waals surface area contributed by atoms with Gasteiger partial charge in [0.2, 0.25) is 11.8 Å². The van der Waals surface area contributed by atoms with Crippen LogP contribution in [-0.2, 0) is 20.9 Å². The molecule has 1 aromatic carbocycles. The normalized spacial score (nSPS) is 21.6. The van der Waals surface area contributed by atoms with E-state index in [9.17, 15) is 18.8 Å². The lowest BCUT2D eigenvalue weighted by molar-refractivity contribution is -0.136. The molecular formula is C19H24FN3O4. The van der Waals surface area contributed by atoms with Crippen molar-refractivity contribution in [3.8, 4) is 0 Å².